The van der Waals surface area contributed by atoms with Gasteiger partial charge in [0.25, 0.3) is 0 Å². The summed E-state index contributed by atoms with van der Waals surface area (Å²) < 4.78 is 5.06. The first-order valence-corrected chi connectivity index (χ1v) is 4.03. The summed E-state index contributed by atoms with van der Waals surface area (Å²) in [6.45, 7) is 1.59. The van der Waals surface area contributed by atoms with Crippen molar-refractivity contribution in [3.63, 3.8) is 0 Å². The van der Waals surface area contributed by atoms with E-state index in [1.165, 1.54) is 6.07 Å². The molecule has 1 aromatic carbocycles. The van der Waals surface area contributed by atoms with Gasteiger partial charge in [0.2, 0.25) is 0 Å². The lowest BCUT2D eigenvalue weighted by Crippen LogP contribution is -2.05. The number of carbonyl (C=O) groups is 1. The van der Waals surface area contributed by atoms with Crippen molar-refractivity contribution < 1.29 is 14.6 Å². The van der Waals surface area contributed by atoms with Crippen LogP contribution in [0, 0.1) is 0 Å². The molecule has 0 spiro atoms. The lowest BCUT2D eigenvalue weighted by Gasteiger charge is -2.05. The number of thiocarbonyl (C=S) groups is 1. The first-order valence-electron chi connectivity index (χ1n) is 3.62. The van der Waals surface area contributed by atoms with Crippen LogP contribution in [0.25, 0.3) is 0 Å². The molecule has 0 aliphatic carbocycles. The molecule has 1 N–H and O–H groups in total. The highest BCUT2D eigenvalue weighted by atomic mass is 32.1. The number of ether oxygens (including phenoxy) is 1. The monoisotopic (exact) mass is 196 g/mol. The fourth-order valence-electron chi connectivity index (χ4n) is 0.887. The number of rotatable bonds is 2. The first-order chi connectivity index (χ1) is 6.11. The Bertz CT molecular complexity index is 346. The molecule has 0 aliphatic rings. The molecule has 0 fully saturated rings. The molecular weight excluding hydrogens is 188 g/mol. The van der Waals surface area contributed by atoms with Gasteiger partial charge in [-0.15, -0.1) is 0 Å². The second kappa shape index (κ2) is 4.00. The van der Waals surface area contributed by atoms with Crippen molar-refractivity contribution in [2.24, 2.45) is 0 Å². The molecule has 0 unspecified atom stereocenters. The summed E-state index contributed by atoms with van der Waals surface area (Å²) in [5.74, 6) is -0.741. The molecule has 0 saturated carbocycles. The predicted octanol–water partition coefficient (Wildman–Crippen LogP) is 2.11. The van der Waals surface area contributed by atoms with Crippen LogP contribution in [0.4, 0.5) is 0 Å². The molecule has 0 saturated heterocycles. The lowest BCUT2D eigenvalue weighted by molar-refractivity contribution is 0.0694. The molecular formula is C9H8O3S. The Labute approximate surface area is 81.0 Å². The molecule has 13 heavy (non-hydrogen) atoms. The fourth-order valence-corrected chi connectivity index (χ4v) is 0.977. The largest absolute Gasteiger partial charge is 0.478 e. The standard InChI is InChI=1S/C9H8O3S/c1-6(13)12-8-5-3-2-4-7(8)9(10)11/h2-5H,1H3,(H,10,11). The number of carboxylic acids is 1. The van der Waals surface area contributed by atoms with Crippen LogP contribution in [0.15, 0.2) is 24.3 Å². The third-order valence-electron chi connectivity index (χ3n) is 1.37. The second-order valence-corrected chi connectivity index (χ2v) is 2.97. The van der Waals surface area contributed by atoms with Gasteiger partial charge < -0.3 is 9.84 Å². The van der Waals surface area contributed by atoms with Crippen LogP contribution in [-0.4, -0.2) is 16.1 Å². The van der Waals surface area contributed by atoms with E-state index in [4.69, 9.17) is 22.1 Å². The second-order valence-electron chi connectivity index (χ2n) is 2.39. The molecule has 4 heteroatoms. The van der Waals surface area contributed by atoms with Crippen LogP contribution < -0.4 is 4.74 Å². The Morgan fingerprint density at radius 3 is 2.62 bits per heavy atom. The lowest BCUT2D eigenvalue weighted by atomic mass is 10.2. The molecule has 0 radical (unpaired) electrons. The minimum atomic E-state index is -1.02. The van der Waals surface area contributed by atoms with E-state index in [2.05, 4.69) is 0 Å². The van der Waals surface area contributed by atoms with Crippen LogP contribution >= 0.6 is 12.2 Å². The minimum absolute atomic E-state index is 0.117. The summed E-state index contributed by atoms with van der Waals surface area (Å²) in [6.07, 6.45) is 0. The summed E-state index contributed by atoms with van der Waals surface area (Å²) in [7, 11) is 0. The van der Waals surface area contributed by atoms with E-state index < -0.39 is 5.97 Å². The smallest absolute Gasteiger partial charge is 0.339 e. The van der Waals surface area contributed by atoms with Gasteiger partial charge in [0.15, 0.2) is 5.05 Å². The molecule has 0 amide bonds. The molecule has 1 aromatic rings. The first kappa shape index (κ1) is 9.67. The number of benzene rings is 1. The molecule has 0 atom stereocenters. The summed E-state index contributed by atoms with van der Waals surface area (Å²) in [5.41, 5.74) is 0.117. The van der Waals surface area contributed by atoms with Gasteiger partial charge in [-0.1, -0.05) is 12.1 Å². The van der Waals surface area contributed by atoms with Crippen molar-refractivity contribution in [2.75, 3.05) is 0 Å². The van der Waals surface area contributed by atoms with Crippen molar-refractivity contribution in [3.8, 4) is 5.75 Å². The third-order valence-corrected chi connectivity index (χ3v) is 1.45. The highest BCUT2D eigenvalue weighted by Gasteiger charge is 2.09. The van der Waals surface area contributed by atoms with Crippen LogP contribution in [0.2, 0.25) is 0 Å². The van der Waals surface area contributed by atoms with Crippen molar-refractivity contribution in [3.05, 3.63) is 29.8 Å². The van der Waals surface area contributed by atoms with Gasteiger partial charge >= 0.3 is 5.97 Å². The Balaban J connectivity index is 3.04. The van der Waals surface area contributed by atoms with Gasteiger partial charge in [-0.3, -0.25) is 0 Å². The van der Waals surface area contributed by atoms with Gasteiger partial charge in [0.05, 0.1) is 0 Å². The quantitative estimate of drug-likeness (QED) is 0.736. The van der Waals surface area contributed by atoms with E-state index in [0.717, 1.165) is 0 Å². The topological polar surface area (TPSA) is 46.5 Å². The van der Waals surface area contributed by atoms with E-state index in [0.29, 0.717) is 5.05 Å². The minimum Gasteiger partial charge on any atom is -0.478 e. The Kier molecular flexibility index (Phi) is 2.97. The van der Waals surface area contributed by atoms with E-state index >= 15 is 0 Å². The van der Waals surface area contributed by atoms with Crippen molar-refractivity contribution in [2.45, 2.75) is 6.92 Å². The summed E-state index contributed by atoms with van der Waals surface area (Å²) in [4.78, 5) is 10.7. The third kappa shape index (κ3) is 2.52. The molecule has 0 heterocycles. The SMILES string of the molecule is CC(=S)Oc1ccccc1C(=O)O. The molecule has 3 nitrogen and oxygen atoms in total. The molecule has 0 bridgehead atoms. The molecule has 68 valence electrons. The maximum absolute atomic E-state index is 10.7. The number of carboxylic acid groups (broad SMARTS) is 1. The number of hydrogen-bond donors (Lipinski definition) is 1. The van der Waals surface area contributed by atoms with Crippen molar-refractivity contribution in [1.29, 1.82) is 0 Å². The van der Waals surface area contributed by atoms with Gasteiger partial charge in [-0.05, 0) is 24.4 Å². The zero-order valence-electron chi connectivity index (χ0n) is 6.98. The van der Waals surface area contributed by atoms with Crippen LogP contribution in [0.1, 0.15) is 17.3 Å². The molecule has 0 aromatic heterocycles. The number of aromatic carboxylic acids is 1. The van der Waals surface area contributed by atoms with Crippen LogP contribution in [0.5, 0.6) is 5.75 Å². The highest BCUT2D eigenvalue weighted by Crippen LogP contribution is 2.17. The Morgan fingerprint density at radius 1 is 1.46 bits per heavy atom. The highest BCUT2D eigenvalue weighted by molar-refractivity contribution is 7.80. The van der Waals surface area contributed by atoms with E-state index in [1.807, 2.05) is 0 Å². The maximum Gasteiger partial charge on any atom is 0.339 e. The Hall–Kier alpha value is -1.42. The van der Waals surface area contributed by atoms with Crippen LogP contribution in [-0.2, 0) is 0 Å². The van der Waals surface area contributed by atoms with Crippen molar-refractivity contribution >= 4 is 23.2 Å². The Morgan fingerprint density at radius 2 is 2.08 bits per heavy atom. The summed E-state index contributed by atoms with van der Waals surface area (Å²) in [5, 5.41) is 9.05. The van der Waals surface area contributed by atoms with Gasteiger partial charge in [0, 0.05) is 6.92 Å². The number of para-hydroxylation sites is 1. The van der Waals surface area contributed by atoms with Crippen LogP contribution in [0.3, 0.4) is 0 Å². The molecule has 1 rings (SSSR count). The zero-order valence-corrected chi connectivity index (χ0v) is 7.80. The summed E-state index contributed by atoms with van der Waals surface area (Å²) in [6, 6.07) is 6.37. The molecule has 0 aliphatic heterocycles. The van der Waals surface area contributed by atoms with Gasteiger partial charge in [0.1, 0.15) is 11.3 Å². The normalized spacial score (nSPS) is 9.31. The summed E-state index contributed by atoms with van der Waals surface area (Å²) >= 11 is 4.71. The predicted molar refractivity (Wildman–Crippen MR) is 52.3 cm³/mol. The van der Waals surface area contributed by atoms with Gasteiger partial charge in [-0.2, -0.15) is 0 Å². The number of hydrogen-bond acceptors (Lipinski definition) is 3. The zero-order chi connectivity index (χ0) is 9.84. The fraction of sp³-hybridized carbons (Fsp3) is 0.111. The van der Waals surface area contributed by atoms with Crippen molar-refractivity contribution in [1.82, 2.24) is 0 Å². The van der Waals surface area contributed by atoms with E-state index in [1.54, 1.807) is 25.1 Å². The average molecular weight is 196 g/mol. The van der Waals surface area contributed by atoms with E-state index in [9.17, 15) is 4.79 Å². The average Bonchev–Trinajstić information content (AvgIpc) is 2.03. The van der Waals surface area contributed by atoms with E-state index in [-0.39, 0.29) is 11.3 Å². The maximum atomic E-state index is 10.7. The van der Waals surface area contributed by atoms with Gasteiger partial charge in [-0.25, -0.2) is 4.79 Å².